The van der Waals surface area contributed by atoms with Gasteiger partial charge in [0.2, 0.25) is 0 Å². The number of benzene rings is 1. The van der Waals surface area contributed by atoms with Crippen LogP contribution in [0.4, 0.5) is 18.0 Å². The van der Waals surface area contributed by atoms with Gasteiger partial charge in [-0.25, -0.2) is 4.79 Å². The molecule has 0 fully saturated rings. The van der Waals surface area contributed by atoms with Crippen molar-refractivity contribution in [1.82, 2.24) is 14.7 Å². The van der Waals surface area contributed by atoms with Crippen molar-refractivity contribution in [2.24, 2.45) is 0 Å². The topological polar surface area (TPSA) is 47.4 Å². The molecule has 1 aromatic carbocycles. The van der Waals surface area contributed by atoms with Crippen LogP contribution in [0.1, 0.15) is 32.0 Å². The summed E-state index contributed by atoms with van der Waals surface area (Å²) >= 11 is 3.49. The Bertz CT molecular complexity index is 854. The lowest BCUT2D eigenvalue weighted by molar-refractivity contribution is -0.137. The molecule has 1 aromatic heterocycles. The number of halogens is 4. The number of alkyl halides is 3. The van der Waals surface area contributed by atoms with Gasteiger partial charge in [-0.1, -0.05) is 12.1 Å². The minimum atomic E-state index is -4.38. The van der Waals surface area contributed by atoms with Crippen molar-refractivity contribution in [3.8, 4) is 11.3 Å². The van der Waals surface area contributed by atoms with Crippen LogP contribution in [0.3, 0.4) is 0 Å². The molecule has 146 valence electrons. The predicted molar refractivity (Wildman–Crippen MR) is 97.0 cm³/mol. The number of hydrogen-bond donors (Lipinski definition) is 0. The highest BCUT2D eigenvalue weighted by Crippen LogP contribution is 2.35. The van der Waals surface area contributed by atoms with E-state index in [2.05, 4.69) is 21.0 Å². The number of aromatic nitrogens is 2. The second-order valence-electron chi connectivity index (χ2n) is 7.31. The Morgan fingerprint density at radius 1 is 1.15 bits per heavy atom. The molecule has 0 spiro atoms. The van der Waals surface area contributed by atoms with Crippen LogP contribution in [0.2, 0.25) is 0 Å². The first-order chi connectivity index (χ1) is 12.5. The van der Waals surface area contributed by atoms with Gasteiger partial charge in [0, 0.05) is 12.1 Å². The quantitative estimate of drug-likeness (QED) is 0.614. The summed E-state index contributed by atoms with van der Waals surface area (Å²) < 4.78 is 46.1. The van der Waals surface area contributed by atoms with Gasteiger partial charge in [-0.2, -0.15) is 18.3 Å². The third-order valence-corrected chi connectivity index (χ3v) is 4.89. The number of ether oxygens (including phenoxy) is 1. The van der Waals surface area contributed by atoms with Gasteiger partial charge in [-0.15, -0.1) is 0 Å². The van der Waals surface area contributed by atoms with Crippen molar-refractivity contribution >= 4 is 22.0 Å². The summed E-state index contributed by atoms with van der Waals surface area (Å²) in [7, 11) is 0. The van der Waals surface area contributed by atoms with Crippen molar-refractivity contribution in [1.29, 1.82) is 0 Å². The van der Waals surface area contributed by atoms with E-state index in [1.807, 2.05) is 0 Å². The Morgan fingerprint density at radius 2 is 1.78 bits per heavy atom. The lowest BCUT2D eigenvalue weighted by Crippen LogP contribution is -2.41. The van der Waals surface area contributed by atoms with Crippen molar-refractivity contribution in [2.45, 2.75) is 45.6 Å². The third-order valence-electron chi connectivity index (χ3n) is 4.05. The minimum Gasteiger partial charge on any atom is -0.444 e. The van der Waals surface area contributed by atoms with Gasteiger partial charge in [-0.05, 0) is 48.8 Å². The standard InChI is InChI=1S/C18H19BrF3N3O2/c1-17(2,3)27-16(26)24-8-9-25-13(10-24)14(19)15(23-25)11-4-6-12(7-5-11)18(20,21)22/h4-7H,8-10H2,1-3H3. The summed E-state index contributed by atoms with van der Waals surface area (Å²) in [5, 5.41) is 4.49. The van der Waals surface area contributed by atoms with Crippen LogP contribution in [-0.4, -0.2) is 32.9 Å². The summed E-state index contributed by atoms with van der Waals surface area (Å²) in [5.74, 6) is 0. The van der Waals surface area contributed by atoms with Crippen molar-refractivity contribution in [2.75, 3.05) is 6.54 Å². The normalized spacial score (nSPS) is 14.9. The smallest absolute Gasteiger partial charge is 0.416 e. The predicted octanol–water partition coefficient (Wildman–Crippen LogP) is 5.08. The van der Waals surface area contributed by atoms with Gasteiger partial charge in [0.25, 0.3) is 0 Å². The van der Waals surface area contributed by atoms with Crippen LogP contribution in [-0.2, 0) is 24.0 Å². The van der Waals surface area contributed by atoms with E-state index in [-0.39, 0.29) is 0 Å². The largest absolute Gasteiger partial charge is 0.444 e. The zero-order chi connectivity index (χ0) is 20.0. The molecule has 3 rings (SSSR count). The van der Waals surface area contributed by atoms with E-state index in [9.17, 15) is 18.0 Å². The molecule has 0 N–H and O–H groups in total. The molecular weight excluding hydrogens is 427 g/mol. The number of hydrogen-bond acceptors (Lipinski definition) is 3. The minimum absolute atomic E-state index is 0.309. The fraction of sp³-hybridized carbons (Fsp3) is 0.444. The van der Waals surface area contributed by atoms with E-state index >= 15 is 0 Å². The second kappa shape index (κ2) is 6.85. The van der Waals surface area contributed by atoms with Gasteiger partial charge in [0.05, 0.1) is 28.8 Å². The highest BCUT2D eigenvalue weighted by molar-refractivity contribution is 9.10. The zero-order valence-corrected chi connectivity index (χ0v) is 16.7. The Hall–Kier alpha value is -2.03. The lowest BCUT2D eigenvalue weighted by Gasteiger charge is -2.30. The number of amides is 1. The maximum atomic E-state index is 12.7. The Balaban J connectivity index is 1.84. The van der Waals surface area contributed by atoms with E-state index < -0.39 is 23.4 Å². The van der Waals surface area contributed by atoms with E-state index in [0.29, 0.717) is 35.4 Å². The molecule has 9 heteroatoms. The molecule has 1 aliphatic heterocycles. The van der Waals surface area contributed by atoms with E-state index in [4.69, 9.17) is 4.74 Å². The van der Waals surface area contributed by atoms with Crippen molar-refractivity contribution < 1.29 is 22.7 Å². The molecule has 27 heavy (non-hydrogen) atoms. The molecule has 1 amide bonds. The first-order valence-electron chi connectivity index (χ1n) is 8.36. The Morgan fingerprint density at radius 3 is 2.33 bits per heavy atom. The third kappa shape index (κ3) is 4.28. The first-order valence-corrected chi connectivity index (χ1v) is 9.16. The molecular formula is C18H19BrF3N3O2. The zero-order valence-electron chi connectivity index (χ0n) is 15.1. The second-order valence-corrected chi connectivity index (χ2v) is 8.10. The average Bonchev–Trinajstić information content (AvgIpc) is 2.89. The van der Waals surface area contributed by atoms with Crippen LogP contribution in [0.25, 0.3) is 11.3 Å². The number of fused-ring (bicyclic) bond motifs is 1. The lowest BCUT2D eigenvalue weighted by atomic mass is 10.1. The molecule has 0 atom stereocenters. The molecule has 1 aliphatic rings. The van der Waals surface area contributed by atoms with Crippen molar-refractivity contribution in [3.63, 3.8) is 0 Å². The average molecular weight is 446 g/mol. The number of carbonyl (C=O) groups is 1. The molecule has 0 bridgehead atoms. The number of carbonyl (C=O) groups excluding carboxylic acids is 1. The van der Waals surface area contributed by atoms with Crippen LogP contribution < -0.4 is 0 Å². The number of rotatable bonds is 1. The van der Waals surface area contributed by atoms with Crippen LogP contribution >= 0.6 is 15.9 Å². The van der Waals surface area contributed by atoms with Crippen LogP contribution in [0.5, 0.6) is 0 Å². The van der Waals surface area contributed by atoms with E-state index in [1.165, 1.54) is 12.1 Å². The molecule has 0 radical (unpaired) electrons. The molecule has 0 saturated heterocycles. The Kier molecular flexibility index (Phi) is 5.00. The molecule has 0 saturated carbocycles. The summed E-state index contributed by atoms with van der Waals surface area (Å²) in [6.45, 7) is 6.65. The highest BCUT2D eigenvalue weighted by Gasteiger charge is 2.31. The SMILES string of the molecule is CC(C)(C)OC(=O)N1CCn2nc(-c3ccc(C(F)(F)F)cc3)c(Br)c2C1. The number of nitrogens with zero attached hydrogens (tertiary/aromatic N) is 3. The molecule has 5 nitrogen and oxygen atoms in total. The fourth-order valence-corrected chi connectivity index (χ4v) is 3.41. The first kappa shape index (κ1) is 19.7. The summed E-state index contributed by atoms with van der Waals surface area (Å²) in [6.07, 6.45) is -4.78. The van der Waals surface area contributed by atoms with Crippen LogP contribution in [0.15, 0.2) is 28.7 Å². The molecule has 2 aromatic rings. The van der Waals surface area contributed by atoms with Gasteiger partial charge >= 0.3 is 12.3 Å². The van der Waals surface area contributed by atoms with Gasteiger partial charge in [0.1, 0.15) is 11.3 Å². The monoisotopic (exact) mass is 445 g/mol. The Labute approximate surface area is 163 Å². The maximum Gasteiger partial charge on any atom is 0.416 e. The van der Waals surface area contributed by atoms with Gasteiger partial charge in [-0.3, -0.25) is 4.68 Å². The van der Waals surface area contributed by atoms with Gasteiger partial charge < -0.3 is 9.64 Å². The van der Waals surface area contributed by atoms with E-state index in [0.717, 1.165) is 17.8 Å². The maximum absolute atomic E-state index is 12.7. The molecule has 0 aliphatic carbocycles. The molecule has 0 unspecified atom stereocenters. The fourth-order valence-electron chi connectivity index (χ4n) is 2.77. The molecule has 2 heterocycles. The highest BCUT2D eigenvalue weighted by atomic mass is 79.9. The summed E-state index contributed by atoms with van der Waals surface area (Å²) in [5.41, 5.74) is 0.604. The summed E-state index contributed by atoms with van der Waals surface area (Å²) in [6, 6.07) is 4.86. The van der Waals surface area contributed by atoms with E-state index in [1.54, 1.807) is 30.4 Å². The summed E-state index contributed by atoms with van der Waals surface area (Å²) in [4.78, 5) is 13.9. The van der Waals surface area contributed by atoms with Gasteiger partial charge in [0.15, 0.2) is 0 Å². The van der Waals surface area contributed by atoms with Crippen LogP contribution in [0, 0.1) is 0 Å². The van der Waals surface area contributed by atoms with Crippen molar-refractivity contribution in [3.05, 3.63) is 40.0 Å².